The third-order valence-electron chi connectivity index (χ3n) is 6.77. The van der Waals surface area contributed by atoms with Crippen molar-refractivity contribution < 1.29 is 37.4 Å². The molecule has 1 aromatic heterocycles. The Balaban J connectivity index is 0.000000405. The van der Waals surface area contributed by atoms with Crippen LogP contribution < -0.4 is 4.74 Å². The van der Waals surface area contributed by atoms with E-state index in [4.69, 9.17) is 14.6 Å². The van der Waals surface area contributed by atoms with E-state index in [9.17, 15) is 22.8 Å². The molecule has 1 amide bonds. The first-order valence-corrected chi connectivity index (χ1v) is 11.7. The lowest BCUT2D eigenvalue weighted by Gasteiger charge is -2.44. The number of H-pyrrole nitrogens is 1. The zero-order valence-corrected chi connectivity index (χ0v) is 20.5. The number of aromatic nitrogens is 2. The van der Waals surface area contributed by atoms with Crippen molar-refractivity contribution in [1.82, 2.24) is 14.9 Å². The number of amides is 1. The second-order valence-corrected chi connectivity index (χ2v) is 9.44. The van der Waals surface area contributed by atoms with Crippen LogP contribution in [0.15, 0.2) is 30.3 Å². The summed E-state index contributed by atoms with van der Waals surface area (Å²) in [5.74, 6) is -1.16. The van der Waals surface area contributed by atoms with E-state index >= 15 is 0 Å². The van der Waals surface area contributed by atoms with Gasteiger partial charge in [0.2, 0.25) is 0 Å². The second-order valence-electron chi connectivity index (χ2n) is 9.44. The molecule has 0 atom stereocenters. The first kappa shape index (κ1) is 26.2. The van der Waals surface area contributed by atoms with Crippen LogP contribution in [0, 0.1) is 20.8 Å². The monoisotopic (exact) mass is 517 g/mol. The molecule has 0 aliphatic carbocycles. The number of carbonyl (C=O) groups is 3. The number of ether oxygens (including phenoxy) is 1. The van der Waals surface area contributed by atoms with Gasteiger partial charge < -0.3 is 19.7 Å². The standard InChI is InChI=1S/C24H25N3O3.C2HF3O2/c1-14-11-18-20(28)13-24(30-21(18)12-15(14)2)7-9-27(10-8-24)23(29)17-5-4-6-19-22(17)26-16(3)25-19;3-2(4,5)1(6)7/h4-6,11-12H,7-10,13H2,1-3H3,(H,25,26);(H,6,7). The van der Waals surface area contributed by atoms with Gasteiger partial charge in [-0.15, -0.1) is 0 Å². The third-order valence-corrected chi connectivity index (χ3v) is 6.77. The molecule has 1 saturated heterocycles. The summed E-state index contributed by atoms with van der Waals surface area (Å²) in [6.07, 6.45) is -3.42. The van der Waals surface area contributed by atoms with Gasteiger partial charge in [-0.1, -0.05) is 6.07 Å². The summed E-state index contributed by atoms with van der Waals surface area (Å²) in [7, 11) is 0. The minimum Gasteiger partial charge on any atom is -0.486 e. The lowest BCUT2D eigenvalue weighted by Crippen LogP contribution is -2.52. The van der Waals surface area contributed by atoms with Gasteiger partial charge in [-0.3, -0.25) is 9.59 Å². The number of alkyl halides is 3. The first-order chi connectivity index (χ1) is 17.3. The summed E-state index contributed by atoms with van der Waals surface area (Å²) in [5, 5.41) is 7.12. The van der Waals surface area contributed by atoms with Crippen LogP contribution in [0.2, 0.25) is 0 Å². The Morgan fingerprint density at radius 3 is 2.35 bits per heavy atom. The van der Waals surface area contributed by atoms with Gasteiger partial charge in [-0.05, 0) is 56.2 Å². The number of ketones is 1. The molecule has 2 aliphatic rings. The number of aryl methyl sites for hydroxylation is 3. The smallest absolute Gasteiger partial charge is 0.486 e. The Bertz CT molecular complexity index is 1390. The minimum absolute atomic E-state index is 0.0176. The van der Waals surface area contributed by atoms with Crippen molar-refractivity contribution >= 4 is 28.7 Å². The van der Waals surface area contributed by atoms with Gasteiger partial charge in [0.05, 0.1) is 23.1 Å². The molecule has 2 aliphatic heterocycles. The Kier molecular flexibility index (Phi) is 6.74. The van der Waals surface area contributed by atoms with E-state index in [-0.39, 0.29) is 11.7 Å². The molecule has 0 bridgehead atoms. The number of Topliss-reactive ketones (excluding diaryl/α,β-unsaturated/α-hetero) is 1. The van der Waals surface area contributed by atoms with Gasteiger partial charge in [-0.25, -0.2) is 9.78 Å². The number of hydrogen-bond acceptors (Lipinski definition) is 5. The fourth-order valence-corrected chi connectivity index (χ4v) is 4.64. The summed E-state index contributed by atoms with van der Waals surface area (Å²) < 4.78 is 38.1. The number of rotatable bonds is 1. The van der Waals surface area contributed by atoms with Crippen LogP contribution in [-0.4, -0.2) is 62.5 Å². The number of aliphatic carboxylic acids is 1. The van der Waals surface area contributed by atoms with Crippen LogP contribution in [0.25, 0.3) is 11.0 Å². The molecule has 0 radical (unpaired) electrons. The van der Waals surface area contributed by atoms with Crippen LogP contribution in [0.3, 0.4) is 0 Å². The number of hydrogen-bond donors (Lipinski definition) is 2. The molecule has 37 heavy (non-hydrogen) atoms. The molecule has 196 valence electrons. The van der Waals surface area contributed by atoms with Gasteiger partial charge in [0.25, 0.3) is 5.91 Å². The van der Waals surface area contributed by atoms with Crippen molar-refractivity contribution in [3.63, 3.8) is 0 Å². The molecule has 0 saturated carbocycles. The SMILES string of the molecule is Cc1nc2c(C(=O)N3CCC4(CC3)CC(=O)c3cc(C)c(C)cc3O4)cccc2[nH]1.O=C(O)C(F)(F)F. The maximum absolute atomic E-state index is 13.2. The van der Waals surface area contributed by atoms with Gasteiger partial charge in [0, 0.05) is 25.9 Å². The molecule has 0 unspecified atom stereocenters. The van der Waals surface area contributed by atoms with Gasteiger partial charge in [-0.2, -0.15) is 13.2 Å². The Hall–Kier alpha value is -3.89. The van der Waals surface area contributed by atoms with E-state index in [1.165, 1.54) is 0 Å². The highest BCUT2D eigenvalue weighted by atomic mass is 19.4. The van der Waals surface area contributed by atoms with Crippen molar-refractivity contribution in [2.24, 2.45) is 0 Å². The number of carbonyl (C=O) groups excluding carboxylic acids is 2. The van der Waals surface area contributed by atoms with Crippen LogP contribution >= 0.6 is 0 Å². The van der Waals surface area contributed by atoms with Crippen molar-refractivity contribution in [3.05, 3.63) is 58.4 Å². The van der Waals surface area contributed by atoms with E-state index in [2.05, 4.69) is 9.97 Å². The number of nitrogens with one attached hydrogen (secondary N) is 1. The number of para-hydroxylation sites is 1. The predicted molar refractivity (Wildman–Crippen MR) is 128 cm³/mol. The van der Waals surface area contributed by atoms with E-state index in [0.29, 0.717) is 54.7 Å². The van der Waals surface area contributed by atoms with Crippen LogP contribution in [0.5, 0.6) is 5.75 Å². The van der Waals surface area contributed by atoms with Gasteiger partial charge in [0.1, 0.15) is 22.7 Å². The van der Waals surface area contributed by atoms with Crippen molar-refractivity contribution in [2.45, 2.75) is 51.8 Å². The fraction of sp³-hybridized carbons (Fsp3) is 0.385. The lowest BCUT2D eigenvalue weighted by atomic mass is 9.81. The Morgan fingerprint density at radius 1 is 1.11 bits per heavy atom. The van der Waals surface area contributed by atoms with E-state index in [1.54, 1.807) is 0 Å². The molecule has 3 heterocycles. The number of imidazole rings is 1. The number of halogens is 3. The number of piperidine rings is 1. The van der Waals surface area contributed by atoms with Crippen molar-refractivity contribution in [2.75, 3.05) is 13.1 Å². The lowest BCUT2D eigenvalue weighted by molar-refractivity contribution is -0.192. The summed E-state index contributed by atoms with van der Waals surface area (Å²) in [6.45, 7) is 7.05. The summed E-state index contributed by atoms with van der Waals surface area (Å²) in [4.78, 5) is 44.5. The molecule has 11 heteroatoms. The number of benzene rings is 2. The molecule has 5 rings (SSSR count). The highest BCUT2D eigenvalue weighted by Crippen LogP contribution is 2.40. The highest BCUT2D eigenvalue weighted by molar-refractivity contribution is 6.05. The largest absolute Gasteiger partial charge is 0.490 e. The molecular weight excluding hydrogens is 491 g/mol. The third kappa shape index (κ3) is 5.30. The van der Waals surface area contributed by atoms with Gasteiger partial charge in [0.15, 0.2) is 5.78 Å². The zero-order valence-electron chi connectivity index (χ0n) is 20.5. The predicted octanol–water partition coefficient (Wildman–Crippen LogP) is 4.76. The number of nitrogens with zero attached hydrogens (tertiary/aromatic N) is 2. The number of fused-ring (bicyclic) bond motifs is 2. The molecule has 2 aromatic carbocycles. The van der Waals surface area contributed by atoms with E-state index in [0.717, 1.165) is 22.5 Å². The summed E-state index contributed by atoms with van der Waals surface area (Å²) >= 11 is 0. The van der Waals surface area contributed by atoms with Crippen molar-refractivity contribution in [1.29, 1.82) is 0 Å². The maximum atomic E-state index is 13.2. The Labute approximate surface area is 210 Å². The number of aromatic amines is 1. The second kappa shape index (κ2) is 9.53. The number of carboxylic acid groups (broad SMARTS) is 1. The van der Waals surface area contributed by atoms with E-state index in [1.807, 2.05) is 56.0 Å². The van der Waals surface area contributed by atoms with Crippen LogP contribution in [-0.2, 0) is 4.79 Å². The highest BCUT2D eigenvalue weighted by Gasteiger charge is 2.44. The number of carboxylic acids is 1. The Morgan fingerprint density at radius 2 is 1.73 bits per heavy atom. The normalized spacial score (nSPS) is 16.6. The average molecular weight is 518 g/mol. The fourth-order valence-electron chi connectivity index (χ4n) is 4.64. The van der Waals surface area contributed by atoms with Gasteiger partial charge >= 0.3 is 12.1 Å². The molecule has 1 spiro atoms. The maximum Gasteiger partial charge on any atom is 0.490 e. The summed E-state index contributed by atoms with van der Waals surface area (Å²) in [6, 6.07) is 9.55. The summed E-state index contributed by atoms with van der Waals surface area (Å²) in [5.41, 5.74) is 4.59. The number of likely N-dealkylation sites (tertiary alicyclic amines) is 1. The first-order valence-electron chi connectivity index (χ1n) is 11.7. The topological polar surface area (TPSA) is 113 Å². The zero-order chi connectivity index (χ0) is 27.1. The van der Waals surface area contributed by atoms with E-state index < -0.39 is 17.7 Å². The van der Waals surface area contributed by atoms with Crippen molar-refractivity contribution in [3.8, 4) is 5.75 Å². The van der Waals surface area contributed by atoms with Crippen LogP contribution in [0.4, 0.5) is 13.2 Å². The molecule has 2 N–H and O–H groups in total. The van der Waals surface area contributed by atoms with Crippen LogP contribution in [0.1, 0.15) is 56.9 Å². The average Bonchev–Trinajstić information content (AvgIpc) is 3.20. The quantitative estimate of drug-likeness (QED) is 0.481. The molecule has 3 aromatic rings. The molecule has 8 nitrogen and oxygen atoms in total. The molecular formula is C26H26F3N3O5. The minimum atomic E-state index is -5.08. The molecule has 1 fully saturated rings.